The van der Waals surface area contributed by atoms with Gasteiger partial charge in [-0.3, -0.25) is 9.18 Å². The van der Waals surface area contributed by atoms with Gasteiger partial charge in [0.25, 0.3) is 0 Å². The predicted molar refractivity (Wildman–Crippen MR) is 102 cm³/mol. The first-order chi connectivity index (χ1) is 12.5. The molecule has 0 aromatic heterocycles. The van der Waals surface area contributed by atoms with Crippen LogP contribution in [0.1, 0.15) is 54.0 Å². The van der Waals surface area contributed by atoms with Crippen molar-refractivity contribution in [1.82, 2.24) is 5.32 Å². The molecule has 3 atom stereocenters. The number of carboxylic acid groups (broad SMARTS) is 1. The third-order valence-electron chi connectivity index (χ3n) is 3.40. The molecule has 0 aliphatic carbocycles. The van der Waals surface area contributed by atoms with Crippen molar-refractivity contribution in [2.75, 3.05) is 0 Å². The molecular weight excluding hydrogens is 376 g/mol. The number of nitrogens with one attached hydrogen (secondary N) is 1. The van der Waals surface area contributed by atoms with Gasteiger partial charge in [0, 0.05) is 19.4 Å². The summed E-state index contributed by atoms with van der Waals surface area (Å²) in [5, 5.41) is 11.3. The molecule has 0 spiro atoms. The quantitative estimate of drug-likeness (QED) is 0.512. The van der Waals surface area contributed by atoms with E-state index in [1.165, 1.54) is 0 Å². The second-order valence-corrected chi connectivity index (χ2v) is 5.28. The molecule has 0 heterocycles. The molecule has 3 unspecified atom stereocenters. The van der Waals surface area contributed by atoms with Gasteiger partial charge in [0.15, 0.2) is 0 Å². The van der Waals surface area contributed by atoms with Gasteiger partial charge < -0.3 is 15.2 Å². The Hall–Kier alpha value is -0.604. The van der Waals surface area contributed by atoms with Crippen molar-refractivity contribution in [1.29, 1.82) is 0 Å². The SMILES string of the molecule is CC.CC.[2H]C(C)(C(=O)NC(Cc1ccc(C)cc1)C(=O)O)C(C)(F)[C-]=O.[K+]. The molecule has 0 saturated carbocycles. The van der Waals surface area contributed by atoms with E-state index in [0.29, 0.717) is 5.56 Å². The molecule has 2 N–H and O–H groups in total. The van der Waals surface area contributed by atoms with Gasteiger partial charge in [-0.15, -0.1) is 0 Å². The standard InChI is InChI=1S/C16H19FNO4.2C2H6.K/c1-10-4-6-12(7-5-10)8-13(15(21)22)18-14(20)11(2)16(3,17)9-19;2*1-2;/h4-7,11,13H,8H2,1-3H3,(H,18,20)(H,21,22);2*1-2H3;/q-1;;;+1/i11D;;;. The van der Waals surface area contributed by atoms with Gasteiger partial charge in [-0.25, -0.2) is 11.1 Å². The van der Waals surface area contributed by atoms with Crippen LogP contribution in [0.2, 0.25) is 0 Å². The minimum Gasteiger partial charge on any atom is -0.539 e. The second-order valence-electron chi connectivity index (χ2n) is 5.28. The zero-order valence-electron chi connectivity index (χ0n) is 18.6. The van der Waals surface area contributed by atoms with Gasteiger partial charge in [-0.1, -0.05) is 71.4 Å². The number of benzene rings is 1. The Morgan fingerprint density at radius 3 is 2.07 bits per heavy atom. The van der Waals surface area contributed by atoms with E-state index in [2.05, 4.69) is 5.32 Å². The number of carboxylic acids is 1. The average Bonchev–Trinajstić information content (AvgIpc) is 2.65. The first kappa shape index (κ1) is 28.6. The van der Waals surface area contributed by atoms with Gasteiger partial charge in [0.1, 0.15) is 6.04 Å². The van der Waals surface area contributed by atoms with Crippen LogP contribution in [0.15, 0.2) is 24.3 Å². The van der Waals surface area contributed by atoms with Crippen molar-refractivity contribution < 1.29 is 76.6 Å². The van der Waals surface area contributed by atoms with Crippen LogP contribution >= 0.6 is 0 Å². The summed E-state index contributed by atoms with van der Waals surface area (Å²) < 4.78 is 21.7. The Labute approximate surface area is 206 Å². The zero-order valence-corrected chi connectivity index (χ0v) is 20.8. The van der Waals surface area contributed by atoms with E-state index in [1.54, 1.807) is 24.3 Å². The third kappa shape index (κ3) is 11.8. The summed E-state index contributed by atoms with van der Waals surface area (Å²) in [5.74, 6) is -4.99. The number of hydrogen-bond acceptors (Lipinski definition) is 3. The molecular formula is C20H31FKNO4. The minimum atomic E-state index is -2.86. The molecule has 0 radical (unpaired) electrons. The van der Waals surface area contributed by atoms with Gasteiger partial charge in [-0.05, 0) is 12.5 Å². The van der Waals surface area contributed by atoms with Crippen LogP contribution in [0.5, 0.6) is 0 Å². The Balaban J connectivity index is -0.00000117. The maximum absolute atomic E-state index is 14.0. The van der Waals surface area contributed by atoms with Gasteiger partial charge in [-0.2, -0.15) is 0 Å². The van der Waals surface area contributed by atoms with Crippen molar-refractivity contribution in [3.05, 3.63) is 35.4 Å². The molecule has 27 heavy (non-hydrogen) atoms. The van der Waals surface area contributed by atoms with E-state index in [4.69, 9.17) is 1.37 Å². The van der Waals surface area contributed by atoms with Crippen LogP contribution in [0.3, 0.4) is 0 Å². The van der Waals surface area contributed by atoms with Crippen LogP contribution in [-0.2, 0) is 20.8 Å². The summed E-state index contributed by atoms with van der Waals surface area (Å²) >= 11 is 0. The molecule has 7 heteroatoms. The summed E-state index contributed by atoms with van der Waals surface area (Å²) in [4.78, 5) is 34.0. The second kappa shape index (κ2) is 16.4. The topological polar surface area (TPSA) is 83.5 Å². The molecule has 0 aliphatic rings. The Morgan fingerprint density at radius 1 is 1.26 bits per heavy atom. The Kier molecular flexibility index (Phi) is 17.3. The number of amides is 1. The molecule has 148 valence electrons. The number of rotatable bonds is 7. The van der Waals surface area contributed by atoms with E-state index < -0.39 is 29.5 Å². The summed E-state index contributed by atoms with van der Waals surface area (Å²) in [6.45, 7) is 11.5. The molecule has 0 fully saturated rings. The fourth-order valence-electron chi connectivity index (χ4n) is 1.72. The Morgan fingerprint density at radius 2 is 1.70 bits per heavy atom. The summed E-state index contributed by atoms with van der Waals surface area (Å²) in [7, 11) is 0. The number of halogens is 1. The largest absolute Gasteiger partial charge is 1.00 e. The van der Waals surface area contributed by atoms with Crippen molar-refractivity contribution >= 4 is 18.2 Å². The van der Waals surface area contributed by atoms with Crippen LogP contribution in [0, 0.1) is 12.8 Å². The maximum Gasteiger partial charge on any atom is 1.00 e. The summed E-state index contributed by atoms with van der Waals surface area (Å²) in [6, 6.07) is 5.69. The maximum atomic E-state index is 14.0. The average molecular weight is 409 g/mol. The van der Waals surface area contributed by atoms with Crippen LogP contribution < -0.4 is 56.7 Å². The van der Waals surface area contributed by atoms with Gasteiger partial charge in [0.2, 0.25) is 5.91 Å². The number of aryl methyl sites for hydroxylation is 1. The molecule has 5 nitrogen and oxygen atoms in total. The molecule has 0 aliphatic heterocycles. The van der Waals surface area contributed by atoms with Crippen LogP contribution in [0.4, 0.5) is 4.39 Å². The molecule has 0 bridgehead atoms. The first-order valence-electron chi connectivity index (χ1n) is 9.19. The van der Waals surface area contributed by atoms with Crippen molar-refractivity contribution in [3.63, 3.8) is 0 Å². The summed E-state index contributed by atoms with van der Waals surface area (Å²) in [6.07, 6.45) is 0.986. The number of alkyl halides is 1. The fraction of sp³-hybridized carbons (Fsp3) is 0.550. The number of carbonyl (C=O) groups is 2. The number of carbonyl (C=O) groups excluding carboxylic acids is 2. The molecule has 1 aromatic carbocycles. The zero-order chi connectivity index (χ0) is 21.8. The molecule has 1 amide bonds. The normalized spacial score (nSPS) is 15.3. The molecule has 1 rings (SSSR count). The van der Waals surface area contributed by atoms with E-state index in [-0.39, 0.29) is 57.8 Å². The van der Waals surface area contributed by atoms with Gasteiger partial charge in [0.05, 0.1) is 0 Å². The number of hydrogen-bond donors (Lipinski definition) is 2. The summed E-state index contributed by atoms with van der Waals surface area (Å²) in [5.41, 5.74) is -1.19. The van der Waals surface area contributed by atoms with Crippen molar-refractivity contribution in [3.8, 4) is 0 Å². The minimum absolute atomic E-state index is 0. The first-order valence-corrected chi connectivity index (χ1v) is 8.69. The molecule has 1 aromatic rings. The van der Waals surface area contributed by atoms with Gasteiger partial charge >= 0.3 is 57.4 Å². The third-order valence-corrected chi connectivity index (χ3v) is 3.40. The van der Waals surface area contributed by atoms with E-state index in [1.807, 2.05) is 34.6 Å². The van der Waals surface area contributed by atoms with Crippen LogP contribution in [-0.4, -0.2) is 35.0 Å². The smallest absolute Gasteiger partial charge is 0.539 e. The van der Waals surface area contributed by atoms with E-state index in [0.717, 1.165) is 25.7 Å². The number of aliphatic carboxylic acids is 1. The van der Waals surface area contributed by atoms with E-state index >= 15 is 0 Å². The van der Waals surface area contributed by atoms with Crippen LogP contribution in [0.25, 0.3) is 0 Å². The predicted octanol–water partition coefficient (Wildman–Crippen LogP) is 0.637. The van der Waals surface area contributed by atoms with Crippen molar-refractivity contribution in [2.24, 2.45) is 5.89 Å². The monoisotopic (exact) mass is 408 g/mol. The van der Waals surface area contributed by atoms with E-state index in [9.17, 15) is 23.9 Å². The Bertz CT molecular complexity index is 607. The molecule has 0 saturated heterocycles. The van der Waals surface area contributed by atoms with Crippen molar-refractivity contribution in [2.45, 2.75) is 66.6 Å². The fourth-order valence-corrected chi connectivity index (χ4v) is 1.72.